The number of nitrogen functional groups attached to an aromatic ring is 1. The molecule has 2 rings (SSSR count). The number of rotatable bonds is 3. The lowest BCUT2D eigenvalue weighted by molar-refractivity contribution is 0.627. The highest BCUT2D eigenvalue weighted by molar-refractivity contribution is 9.10. The Hall–Kier alpha value is -1.62. The van der Waals surface area contributed by atoms with Crippen molar-refractivity contribution < 1.29 is 4.39 Å². The molecule has 0 amide bonds. The summed E-state index contributed by atoms with van der Waals surface area (Å²) in [6.07, 6.45) is 1.67. The van der Waals surface area contributed by atoms with Crippen LogP contribution in [0.4, 0.5) is 15.9 Å². The molecule has 3 nitrogen and oxygen atoms in total. The standard InChI is InChI=1S/C12H11BrFN3/c13-9-5-11(15)12(17-7-9)16-6-8-1-3-10(14)4-2-8/h1-5,7H,6,15H2,(H,16,17). The van der Waals surface area contributed by atoms with Gasteiger partial charge in [0.1, 0.15) is 11.6 Å². The van der Waals surface area contributed by atoms with E-state index in [0.29, 0.717) is 18.1 Å². The van der Waals surface area contributed by atoms with Gasteiger partial charge in [-0.3, -0.25) is 0 Å². The first kappa shape index (κ1) is 11.9. The fourth-order valence-electron chi connectivity index (χ4n) is 1.39. The van der Waals surface area contributed by atoms with Crippen LogP contribution in [-0.2, 0) is 6.54 Å². The molecule has 0 saturated carbocycles. The number of nitrogens with two attached hydrogens (primary N) is 1. The van der Waals surface area contributed by atoms with Crippen molar-refractivity contribution in [3.8, 4) is 0 Å². The van der Waals surface area contributed by atoms with E-state index in [-0.39, 0.29) is 5.82 Å². The van der Waals surface area contributed by atoms with Gasteiger partial charge in [-0.2, -0.15) is 0 Å². The largest absolute Gasteiger partial charge is 0.396 e. The number of pyridine rings is 1. The molecule has 0 aliphatic carbocycles. The molecule has 0 aliphatic heterocycles. The lowest BCUT2D eigenvalue weighted by atomic mass is 10.2. The normalized spacial score (nSPS) is 10.2. The maximum Gasteiger partial charge on any atom is 0.149 e. The molecule has 0 saturated heterocycles. The van der Waals surface area contributed by atoms with Crippen LogP contribution in [0.1, 0.15) is 5.56 Å². The molecule has 0 aliphatic rings. The second-order valence-electron chi connectivity index (χ2n) is 3.57. The van der Waals surface area contributed by atoms with Gasteiger partial charge in [0.15, 0.2) is 0 Å². The molecule has 1 aromatic carbocycles. The van der Waals surface area contributed by atoms with Gasteiger partial charge >= 0.3 is 0 Å². The van der Waals surface area contributed by atoms with Crippen molar-refractivity contribution in [2.75, 3.05) is 11.1 Å². The Morgan fingerprint density at radius 1 is 1.29 bits per heavy atom. The zero-order valence-corrected chi connectivity index (χ0v) is 10.5. The van der Waals surface area contributed by atoms with Crippen molar-refractivity contribution in [3.63, 3.8) is 0 Å². The van der Waals surface area contributed by atoms with Crippen LogP contribution in [-0.4, -0.2) is 4.98 Å². The van der Waals surface area contributed by atoms with Crippen LogP contribution in [0.2, 0.25) is 0 Å². The molecule has 1 aromatic heterocycles. The van der Waals surface area contributed by atoms with Crippen LogP contribution >= 0.6 is 15.9 Å². The van der Waals surface area contributed by atoms with E-state index in [4.69, 9.17) is 5.73 Å². The molecule has 88 valence electrons. The Morgan fingerprint density at radius 2 is 2.00 bits per heavy atom. The zero-order chi connectivity index (χ0) is 12.3. The average Bonchev–Trinajstić information content (AvgIpc) is 2.30. The van der Waals surface area contributed by atoms with Gasteiger partial charge in [0.05, 0.1) is 5.69 Å². The number of halogens is 2. The van der Waals surface area contributed by atoms with Crippen LogP contribution in [0.15, 0.2) is 41.0 Å². The minimum Gasteiger partial charge on any atom is -0.396 e. The first-order valence-electron chi connectivity index (χ1n) is 5.04. The van der Waals surface area contributed by atoms with Crippen LogP contribution < -0.4 is 11.1 Å². The predicted octanol–water partition coefficient (Wildman–Crippen LogP) is 3.18. The predicted molar refractivity (Wildman–Crippen MR) is 70.1 cm³/mol. The summed E-state index contributed by atoms with van der Waals surface area (Å²) in [7, 11) is 0. The van der Waals surface area contributed by atoms with Gasteiger partial charge in [0.2, 0.25) is 0 Å². The molecular weight excluding hydrogens is 285 g/mol. The smallest absolute Gasteiger partial charge is 0.149 e. The van der Waals surface area contributed by atoms with E-state index in [1.165, 1.54) is 12.1 Å². The van der Waals surface area contributed by atoms with Gasteiger partial charge in [-0.1, -0.05) is 12.1 Å². The second-order valence-corrected chi connectivity index (χ2v) is 4.49. The molecule has 0 spiro atoms. The topological polar surface area (TPSA) is 50.9 Å². The van der Waals surface area contributed by atoms with Gasteiger partial charge in [0.25, 0.3) is 0 Å². The van der Waals surface area contributed by atoms with Crippen LogP contribution in [0, 0.1) is 5.82 Å². The lowest BCUT2D eigenvalue weighted by Crippen LogP contribution is -2.04. The minimum atomic E-state index is -0.241. The van der Waals surface area contributed by atoms with E-state index >= 15 is 0 Å². The van der Waals surface area contributed by atoms with Crippen LogP contribution in [0.3, 0.4) is 0 Å². The summed E-state index contributed by atoms with van der Waals surface area (Å²) >= 11 is 3.29. The van der Waals surface area contributed by atoms with E-state index in [0.717, 1.165) is 10.0 Å². The molecule has 0 unspecified atom stereocenters. The molecule has 0 bridgehead atoms. The molecular formula is C12H11BrFN3. The summed E-state index contributed by atoms with van der Waals surface area (Å²) in [6.45, 7) is 0.555. The number of hydrogen-bond acceptors (Lipinski definition) is 3. The maximum absolute atomic E-state index is 12.7. The Morgan fingerprint density at radius 3 is 2.65 bits per heavy atom. The first-order chi connectivity index (χ1) is 8.15. The van der Waals surface area contributed by atoms with Crippen molar-refractivity contribution in [2.24, 2.45) is 0 Å². The number of nitrogens with zero attached hydrogens (tertiary/aromatic N) is 1. The molecule has 0 radical (unpaired) electrons. The van der Waals surface area contributed by atoms with Crippen LogP contribution in [0.5, 0.6) is 0 Å². The van der Waals surface area contributed by atoms with E-state index in [9.17, 15) is 4.39 Å². The average molecular weight is 296 g/mol. The molecule has 0 atom stereocenters. The highest BCUT2D eigenvalue weighted by atomic mass is 79.9. The summed E-state index contributed by atoms with van der Waals surface area (Å²) in [6, 6.07) is 8.07. The minimum absolute atomic E-state index is 0.241. The highest BCUT2D eigenvalue weighted by Gasteiger charge is 2.01. The van der Waals surface area contributed by atoms with Crippen molar-refractivity contribution >= 4 is 27.4 Å². The molecule has 0 fully saturated rings. The summed E-state index contributed by atoms with van der Waals surface area (Å²) in [5, 5.41) is 3.10. The second kappa shape index (κ2) is 5.14. The van der Waals surface area contributed by atoms with Gasteiger partial charge in [-0.05, 0) is 39.7 Å². The Labute approximate surface area is 107 Å². The van der Waals surface area contributed by atoms with Gasteiger partial charge in [-0.25, -0.2) is 9.37 Å². The molecule has 1 heterocycles. The summed E-state index contributed by atoms with van der Waals surface area (Å²) in [4.78, 5) is 4.15. The quantitative estimate of drug-likeness (QED) is 0.914. The number of hydrogen-bond donors (Lipinski definition) is 2. The SMILES string of the molecule is Nc1cc(Br)cnc1NCc1ccc(F)cc1. The van der Waals surface area contributed by atoms with Crippen molar-refractivity contribution in [1.82, 2.24) is 4.98 Å². The summed E-state index contributed by atoms with van der Waals surface area (Å²) in [5.41, 5.74) is 7.33. The van der Waals surface area contributed by atoms with Gasteiger partial charge < -0.3 is 11.1 Å². The number of aromatic nitrogens is 1. The highest BCUT2D eigenvalue weighted by Crippen LogP contribution is 2.20. The Bertz CT molecular complexity index is 514. The summed E-state index contributed by atoms with van der Waals surface area (Å²) < 4.78 is 13.5. The monoisotopic (exact) mass is 295 g/mol. The van der Waals surface area contributed by atoms with Gasteiger partial charge in [-0.15, -0.1) is 0 Å². The third kappa shape index (κ3) is 3.17. The molecule has 17 heavy (non-hydrogen) atoms. The third-order valence-corrected chi connectivity index (χ3v) is 2.69. The Balaban J connectivity index is 2.04. The van der Waals surface area contributed by atoms with Gasteiger partial charge in [0, 0.05) is 17.2 Å². The molecule has 3 N–H and O–H groups in total. The lowest BCUT2D eigenvalue weighted by Gasteiger charge is -2.08. The van der Waals surface area contributed by atoms with E-state index in [1.54, 1.807) is 24.4 Å². The van der Waals surface area contributed by atoms with Crippen molar-refractivity contribution in [2.45, 2.75) is 6.54 Å². The third-order valence-electron chi connectivity index (χ3n) is 2.26. The molecule has 5 heteroatoms. The van der Waals surface area contributed by atoms with Crippen LogP contribution in [0.25, 0.3) is 0 Å². The van der Waals surface area contributed by atoms with E-state index in [2.05, 4.69) is 26.2 Å². The first-order valence-corrected chi connectivity index (χ1v) is 5.84. The maximum atomic E-state index is 12.7. The number of anilines is 2. The van der Waals surface area contributed by atoms with E-state index < -0.39 is 0 Å². The molecule has 2 aromatic rings. The fourth-order valence-corrected chi connectivity index (χ4v) is 1.74. The summed E-state index contributed by atoms with van der Waals surface area (Å²) in [5.74, 6) is 0.382. The zero-order valence-electron chi connectivity index (χ0n) is 8.95. The fraction of sp³-hybridized carbons (Fsp3) is 0.0833. The Kier molecular flexibility index (Phi) is 3.58. The van der Waals surface area contributed by atoms with E-state index in [1.807, 2.05) is 0 Å². The van der Waals surface area contributed by atoms with Crippen molar-refractivity contribution in [3.05, 3.63) is 52.4 Å². The van der Waals surface area contributed by atoms with Crippen molar-refractivity contribution in [1.29, 1.82) is 0 Å². The number of nitrogens with one attached hydrogen (secondary N) is 1. The number of benzene rings is 1.